The van der Waals surface area contributed by atoms with Crippen molar-refractivity contribution in [3.63, 3.8) is 0 Å². The molecule has 0 amide bonds. The first-order valence-corrected chi connectivity index (χ1v) is 7.27. The normalized spacial score (nSPS) is 17.6. The third-order valence-electron chi connectivity index (χ3n) is 3.54. The zero-order valence-electron chi connectivity index (χ0n) is 12.5. The summed E-state index contributed by atoms with van der Waals surface area (Å²) in [6.45, 7) is 6.76. The molecule has 1 N–H and O–H groups in total. The number of nitrogens with one attached hydrogen (secondary N) is 1. The number of likely N-dealkylation sites (tertiary alicyclic amines) is 1. The maximum atomic E-state index is 13.3. The molecule has 1 aromatic heterocycles. The lowest BCUT2D eigenvalue weighted by molar-refractivity contribution is 0.108. The highest BCUT2D eigenvalue weighted by atomic mass is 19.1. The molecular formula is C15H24FN3O. The molecule has 4 nitrogen and oxygen atoms in total. The van der Waals surface area contributed by atoms with Crippen LogP contribution in [0, 0.1) is 5.82 Å². The highest BCUT2D eigenvalue weighted by Gasteiger charge is 2.20. The van der Waals surface area contributed by atoms with Gasteiger partial charge in [-0.2, -0.15) is 0 Å². The van der Waals surface area contributed by atoms with Crippen LogP contribution in [0.5, 0.6) is 5.88 Å². The molecule has 0 atom stereocenters. The van der Waals surface area contributed by atoms with Crippen LogP contribution < -0.4 is 10.1 Å². The van der Waals surface area contributed by atoms with Crippen LogP contribution in [-0.2, 0) is 6.54 Å². The van der Waals surface area contributed by atoms with Crippen LogP contribution in [0.3, 0.4) is 0 Å². The Morgan fingerprint density at radius 3 is 2.80 bits per heavy atom. The van der Waals surface area contributed by atoms with Gasteiger partial charge in [-0.15, -0.1) is 0 Å². The minimum absolute atomic E-state index is 0.182. The number of nitrogens with zero attached hydrogens (tertiary/aromatic N) is 2. The van der Waals surface area contributed by atoms with E-state index in [-0.39, 0.29) is 11.9 Å². The predicted octanol–water partition coefficient (Wildman–Crippen LogP) is 2.19. The molecule has 0 aliphatic carbocycles. The van der Waals surface area contributed by atoms with Crippen molar-refractivity contribution < 1.29 is 9.13 Å². The molecule has 2 rings (SSSR count). The van der Waals surface area contributed by atoms with Crippen molar-refractivity contribution in [2.24, 2.45) is 0 Å². The van der Waals surface area contributed by atoms with E-state index in [4.69, 9.17) is 4.74 Å². The number of hydrogen-bond donors (Lipinski definition) is 1. The number of rotatable bonds is 5. The van der Waals surface area contributed by atoms with Crippen LogP contribution in [0.25, 0.3) is 0 Å². The van der Waals surface area contributed by atoms with Crippen molar-refractivity contribution in [2.45, 2.75) is 45.4 Å². The van der Waals surface area contributed by atoms with Gasteiger partial charge in [0.2, 0.25) is 5.88 Å². The van der Waals surface area contributed by atoms with E-state index in [1.807, 2.05) is 0 Å². The SMILES string of the molecule is CC(C)NCc1cc(F)cnc1OC1CCN(C)CC1. The molecule has 112 valence electrons. The number of piperidine rings is 1. The number of pyridine rings is 1. The average Bonchev–Trinajstić information content (AvgIpc) is 2.41. The van der Waals surface area contributed by atoms with Crippen molar-refractivity contribution >= 4 is 0 Å². The highest BCUT2D eigenvalue weighted by Crippen LogP contribution is 2.21. The smallest absolute Gasteiger partial charge is 0.218 e. The fraction of sp³-hybridized carbons (Fsp3) is 0.667. The van der Waals surface area contributed by atoms with Gasteiger partial charge in [0.15, 0.2) is 0 Å². The second-order valence-electron chi connectivity index (χ2n) is 5.77. The summed E-state index contributed by atoms with van der Waals surface area (Å²) in [5.74, 6) is 0.246. The van der Waals surface area contributed by atoms with Crippen molar-refractivity contribution in [2.75, 3.05) is 20.1 Å². The fourth-order valence-electron chi connectivity index (χ4n) is 2.28. The van der Waals surface area contributed by atoms with Gasteiger partial charge in [-0.3, -0.25) is 0 Å². The monoisotopic (exact) mass is 281 g/mol. The Morgan fingerprint density at radius 1 is 1.45 bits per heavy atom. The standard InChI is InChI=1S/C15H24FN3O/c1-11(2)17-9-12-8-13(16)10-18-15(12)20-14-4-6-19(3)7-5-14/h8,10-11,14,17H,4-7,9H2,1-3H3. The van der Waals surface area contributed by atoms with E-state index in [2.05, 4.69) is 36.1 Å². The van der Waals surface area contributed by atoms with Crippen molar-refractivity contribution in [3.8, 4) is 5.88 Å². The van der Waals surface area contributed by atoms with Crippen molar-refractivity contribution in [1.82, 2.24) is 15.2 Å². The Balaban J connectivity index is 2.02. The van der Waals surface area contributed by atoms with Gasteiger partial charge in [0, 0.05) is 31.2 Å². The maximum absolute atomic E-state index is 13.3. The largest absolute Gasteiger partial charge is 0.474 e. The van der Waals surface area contributed by atoms with Crippen LogP contribution in [0.2, 0.25) is 0 Å². The number of aromatic nitrogens is 1. The molecule has 1 aromatic rings. The van der Waals surface area contributed by atoms with Gasteiger partial charge in [-0.1, -0.05) is 13.8 Å². The summed E-state index contributed by atoms with van der Waals surface area (Å²) in [6, 6.07) is 1.85. The lowest BCUT2D eigenvalue weighted by Gasteiger charge is -2.29. The van der Waals surface area contributed by atoms with Gasteiger partial charge in [0.25, 0.3) is 0 Å². The summed E-state index contributed by atoms with van der Waals surface area (Å²) in [6.07, 6.45) is 3.39. The summed E-state index contributed by atoms with van der Waals surface area (Å²) in [4.78, 5) is 6.41. The Bertz CT molecular complexity index is 431. The molecule has 1 fully saturated rings. The summed E-state index contributed by atoms with van der Waals surface area (Å²) in [5, 5.41) is 3.28. The Hall–Kier alpha value is -1.20. The second-order valence-corrected chi connectivity index (χ2v) is 5.77. The summed E-state index contributed by atoms with van der Waals surface area (Å²) < 4.78 is 19.3. The van der Waals surface area contributed by atoms with E-state index in [0.29, 0.717) is 18.5 Å². The number of ether oxygens (including phenoxy) is 1. The molecule has 0 saturated carbocycles. The predicted molar refractivity (Wildman–Crippen MR) is 77.3 cm³/mol. The van der Waals surface area contributed by atoms with Gasteiger partial charge < -0.3 is 15.0 Å². The fourth-order valence-corrected chi connectivity index (χ4v) is 2.28. The van der Waals surface area contributed by atoms with Crippen LogP contribution in [0.1, 0.15) is 32.3 Å². The van der Waals surface area contributed by atoms with Gasteiger partial charge in [-0.25, -0.2) is 9.37 Å². The van der Waals surface area contributed by atoms with E-state index in [0.717, 1.165) is 31.5 Å². The van der Waals surface area contributed by atoms with Crippen LogP contribution in [0.4, 0.5) is 4.39 Å². The molecule has 1 aliphatic heterocycles. The molecule has 0 aromatic carbocycles. The first-order chi connectivity index (χ1) is 9.54. The molecule has 5 heteroatoms. The van der Waals surface area contributed by atoms with E-state index in [1.165, 1.54) is 12.3 Å². The zero-order chi connectivity index (χ0) is 14.5. The summed E-state index contributed by atoms with van der Waals surface area (Å²) in [5.41, 5.74) is 0.789. The van der Waals surface area contributed by atoms with Gasteiger partial charge in [0.1, 0.15) is 11.9 Å². The Kier molecular flexibility index (Phi) is 5.31. The summed E-state index contributed by atoms with van der Waals surface area (Å²) >= 11 is 0. The molecule has 2 heterocycles. The molecule has 0 radical (unpaired) electrons. The lowest BCUT2D eigenvalue weighted by atomic mass is 10.1. The van der Waals surface area contributed by atoms with E-state index in [9.17, 15) is 4.39 Å². The second kappa shape index (κ2) is 6.99. The van der Waals surface area contributed by atoms with Crippen LogP contribution in [0.15, 0.2) is 12.3 Å². The first-order valence-electron chi connectivity index (χ1n) is 7.27. The average molecular weight is 281 g/mol. The van der Waals surface area contributed by atoms with E-state index in [1.54, 1.807) is 0 Å². The topological polar surface area (TPSA) is 37.4 Å². The van der Waals surface area contributed by atoms with E-state index >= 15 is 0 Å². The molecule has 1 saturated heterocycles. The molecule has 0 bridgehead atoms. The molecule has 0 unspecified atom stereocenters. The Labute approximate surface area is 120 Å². The van der Waals surface area contributed by atoms with Crippen LogP contribution in [-0.4, -0.2) is 42.2 Å². The third-order valence-corrected chi connectivity index (χ3v) is 3.54. The molecular weight excluding hydrogens is 257 g/mol. The minimum atomic E-state index is -0.318. The first kappa shape index (κ1) is 15.2. The van der Waals surface area contributed by atoms with Crippen LogP contribution >= 0.6 is 0 Å². The zero-order valence-corrected chi connectivity index (χ0v) is 12.5. The van der Waals surface area contributed by atoms with Gasteiger partial charge in [-0.05, 0) is 26.0 Å². The summed E-state index contributed by atoms with van der Waals surface area (Å²) in [7, 11) is 2.12. The maximum Gasteiger partial charge on any atom is 0.218 e. The number of hydrogen-bond acceptors (Lipinski definition) is 4. The van der Waals surface area contributed by atoms with Crippen molar-refractivity contribution in [3.05, 3.63) is 23.6 Å². The Morgan fingerprint density at radius 2 is 2.15 bits per heavy atom. The highest BCUT2D eigenvalue weighted by molar-refractivity contribution is 5.26. The lowest BCUT2D eigenvalue weighted by Crippen LogP contribution is -2.36. The quantitative estimate of drug-likeness (QED) is 0.898. The molecule has 20 heavy (non-hydrogen) atoms. The minimum Gasteiger partial charge on any atom is -0.474 e. The van der Waals surface area contributed by atoms with Gasteiger partial charge in [0.05, 0.1) is 6.20 Å². The number of halogens is 1. The van der Waals surface area contributed by atoms with Gasteiger partial charge >= 0.3 is 0 Å². The van der Waals surface area contributed by atoms with E-state index < -0.39 is 0 Å². The molecule has 1 aliphatic rings. The molecule has 0 spiro atoms. The third kappa shape index (κ3) is 4.42. The van der Waals surface area contributed by atoms with Crippen molar-refractivity contribution in [1.29, 1.82) is 0 Å².